The van der Waals surface area contributed by atoms with E-state index >= 15 is 0 Å². The van der Waals surface area contributed by atoms with Crippen molar-refractivity contribution >= 4 is 35.1 Å². The van der Waals surface area contributed by atoms with E-state index < -0.39 is 11.6 Å². The Hall–Kier alpha value is -2.45. The Balaban J connectivity index is 0.00000247. The monoisotopic (exact) mass is 561 g/mol. The minimum atomic E-state index is -0.585. The second-order valence-corrected chi connectivity index (χ2v) is 10.2. The topological polar surface area (TPSA) is 53.2 Å². The number of benzene rings is 3. The van der Waals surface area contributed by atoms with Gasteiger partial charge in [0.1, 0.15) is 11.6 Å². The lowest BCUT2D eigenvalue weighted by Crippen LogP contribution is -2.38. The zero-order chi connectivity index (χ0) is 28.1. The Kier molecular flexibility index (Phi) is 13.8. The second-order valence-electron chi connectivity index (χ2n) is 8.91. The number of nitrogens with one attached hydrogen (secondary N) is 3. The van der Waals surface area contributed by atoms with Gasteiger partial charge in [0.05, 0.1) is 10.7 Å². The van der Waals surface area contributed by atoms with Crippen LogP contribution >= 0.6 is 23.5 Å². The summed E-state index contributed by atoms with van der Waals surface area (Å²) < 4.78 is 31.1. The fraction of sp³-hybridized carbons (Fsp3) is 0.367. The molecule has 0 aliphatic rings. The van der Waals surface area contributed by atoms with Crippen LogP contribution in [0.1, 0.15) is 51.3 Å². The molecule has 3 aromatic rings. The maximum atomic E-state index is 13.8. The van der Waals surface area contributed by atoms with Gasteiger partial charge in [-0.2, -0.15) is 0 Å². The molecule has 3 aromatic carbocycles. The minimum absolute atomic E-state index is 0.0838. The standard InChI is InChI=1S/C28H32ClF2N3OS.C2H6/c1-4-20-6-5-7-21(10-20)17-32-16-18(2)28(13-22-11-23(30)14-24(31)12-22)34-36-25-8-9-27(26(29)15-25)33-19(3)35;1-2/h5-12,14-15,18,28,32,34H,4,13,16-17H2,1-3H3,(H,33,35);1-2H3/t18?,28-;/m0./s1. The molecule has 206 valence electrons. The van der Waals surface area contributed by atoms with Crippen LogP contribution < -0.4 is 15.4 Å². The lowest BCUT2D eigenvalue weighted by molar-refractivity contribution is -0.114. The molecular weight excluding hydrogens is 524 g/mol. The van der Waals surface area contributed by atoms with Crippen molar-refractivity contribution in [1.29, 1.82) is 0 Å². The third-order valence-electron chi connectivity index (χ3n) is 5.84. The average molecular weight is 562 g/mol. The third-order valence-corrected chi connectivity index (χ3v) is 7.06. The van der Waals surface area contributed by atoms with E-state index in [1.54, 1.807) is 12.1 Å². The lowest BCUT2D eigenvalue weighted by Gasteiger charge is -2.26. The quantitative estimate of drug-likeness (QED) is 0.197. The molecule has 0 fully saturated rings. The maximum Gasteiger partial charge on any atom is 0.221 e. The number of amides is 1. The van der Waals surface area contributed by atoms with Crippen molar-refractivity contribution in [3.63, 3.8) is 0 Å². The molecule has 3 N–H and O–H groups in total. The van der Waals surface area contributed by atoms with Gasteiger partial charge in [-0.3, -0.25) is 9.52 Å². The molecule has 0 saturated heterocycles. The molecule has 0 aliphatic carbocycles. The summed E-state index contributed by atoms with van der Waals surface area (Å²) in [6.45, 7) is 11.1. The summed E-state index contributed by atoms with van der Waals surface area (Å²) in [5.74, 6) is -1.22. The highest BCUT2D eigenvalue weighted by molar-refractivity contribution is 7.97. The largest absolute Gasteiger partial charge is 0.325 e. The van der Waals surface area contributed by atoms with Gasteiger partial charge in [0.2, 0.25) is 5.91 Å². The summed E-state index contributed by atoms with van der Waals surface area (Å²) in [6, 6.07) is 17.4. The summed E-state index contributed by atoms with van der Waals surface area (Å²) in [7, 11) is 0. The molecule has 8 heteroatoms. The van der Waals surface area contributed by atoms with E-state index in [1.807, 2.05) is 19.9 Å². The summed E-state index contributed by atoms with van der Waals surface area (Å²) in [6.07, 6.45) is 1.45. The molecule has 4 nitrogen and oxygen atoms in total. The van der Waals surface area contributed by atoms with Gasteiger partial charge in [0, 0.05) is 30.5 Å². The molecule has 0 aliphatic heterocycles. The number of carbonyl (C=O) groups is 1. The number of carbonyl (C=O) groups excluding carboxylic acids is 1. The van der Waals surface area contributed by atoms with Crippen LogP contribution in [0.3, 0.4) is 0 Å². The van der Waals surface area contributed by atoms with E-state index in [-0.39, 0.29) is 17.9 Å². The zero-order valence-corrected chi connectivity index (χ0v) is 24.3. The summed E-state index contributed by atoms with van der Waals surface area (Å²) in [5.41, 5.74) is 3.66. The van der Waals surface area contributed by atoms with Crippen LogP contribution in [0.25, 0.3) is 0 Å². The second kappa shape index (κ2) is 16.5. The first kappa shape index (κ1) is 31.8. The number of aryl methyl sites for hydroxylation is 1. The van der Waals surface area contributed by atoms with E-state index in [4.69, 9.17) is 11.6 Å². The van der Waals surface area contributed by atoms with Crippen LogP contribution in [0.5, 0.6) is 0 Å². The Bertz CT molecular complexity index is 1160. The van der Waals surface area contributed by atoms with Gasteiger partial charge in [-0.1, -0.05) is 63.6 Å². The van der Waals surface area contributed by atoms with Crippen molar-refractivity contribution in [3.8, 4) is 0 Å². The molecule has 0 saturated carbocycles. The van der Waals surface area contributed by atoms with Crippen molar-refractivity contribution in [2.24, 2.45) is 5.92 Å². The van der Waals surface area contributed by atoms with E-state index in [2.05, 4.69) is 53.5 Å². The van der Waals surface area contributed by atoms with E-state index in [0.29, 0.717) is 29.2 Å². The molecule has 0 spiro atoms. The Morgan fingerprint density at radius 1 is 0.974 bits per heavy atom. The first-order valence-electron chi connectivity index (χ1n) is 13.0. The van der Waals surface area contributed by atoms with Gasteiger partial charge in [0.25, 0.3) is 0 Å². The molecule has 0 aromatic heterocycles. The number of rotatable bonds is 12. The van der Waals surface area contributed by atoms with Crippen molar-refractivity contribution < 1.29 is 13.6 Å². The van der Waals surface area contributed by atoms with Gasteiger partial charge in [-0.05, 0) is 84.3 Å². The predicted octanol–water partition coefficient (Wildman–Crippen LogP) is 7.80. The molecule has 2 atom stereocenters. The van der Waals surface area contributed by atoms with Crippen LogP contribution in [0, 0.1) is 17.6 Å². The first-order valence-corrected chi connectivity index (χ1v) is 14.2. The number of hydrogen-bond acceptors (Lipinski definition) is 4. The molecular formula is C30H38ClF2N3OS. The molecule has 0 radical (unpaired) electrons. The van der Waals surface area contributed by atoms with Crippen LogP contribution in [0.2, 0.25) is 5.02 Å². The zero-order valence-electron chi connectivity index (χ0n) is 22.7. The fourth-order valence-electron chi connectivity index (χ4n) is 3.88. The van der Waals surface area contributed by atoms with Crippen LogP contribution in [0.4, 0.5) is 14.5 Å². The smallest absolute Gasteiger partial charge is 0.221 e. The Morgan fingerprint density at radius 2 is 1.66 bits per heavy atom. The molecule has 0 heterocycles. The third kappa shape index (κ3) is 10.7. The highest BCUT2D eigenvalue weighted by Crippen LogP contribution is 2.28. The predicted molar refractivity (Wildman–Crippen MR) is 157 cm³/mol. The van der Waals surface area contributed by atoms with Crippen LogP contribution in [-0.4, -0.2) is 18.5 Å². The normalized spacial score (nSPS) is 12.3. The highest BCUT2D eigenvalue weighted by Gasteiger charge is 2.19. The summed E-state index contributed by atoms with van der Waals surface area (Å²) >= 11 is 7.71. The van der Waals surface area contributed by atoms with Gasteiger partial charge >= 0.3 is 0 Å². The van der Waals surface area contributed by atoms with Crippen molar-refractivity contribution in [2.45, 2.75) is 64.9 Å². The Labute approximate surface area is 235 Å². The average Bonchev–Trinajstić information content (AvgIpc) is 2.88. The summed E-state index contributed by atoms with van der Waals surface area (Å²) in [5, 5.41) is 6.64. The molecule has 0 bridgehead atoms. The highest BCUT2D eigenvalue weighted by atomic mass is 35.5. The number of hydrogen-bond donors (Lipinski definition) is 3. The summed E-state index contributed by atoms with van der Waals surface area (Å²) in [4.78, 5) is 12.2. The molecule has 3 rings (SSSR count). The van der Waals surface area contributed by atoms with E-state index in [1.165, 1.54) is 42.1 Å². The Morgan fingerprint density at radius 3 is 2.29 bits per heavy atom. The molecule has 1 unspecified atom stereocenters. The number of halogens is 3. The van der Waals surface area contributed by atoms with Gasteiger partial charge in [-0.15, -0.1) is 0 Å². The van der Waals surface area contributed by atoms with Gasteiger partial charge in [0.15, 0.2) is 0 Å². The maximum absolute atomic E-state index is 13.8. The molecule has 1 amide bonds. The van der Waals surface area contributed by atoms with E-state index in [0.717, 1.165) is 23.9 Å². The van der Waals surface area contributed by atoms with Crippen molar-refractivity contribution in [3.05, 3.63) is 94.0 Å². The lowest BCUT2D eigenvalue weighted by atomic mass is 9.95. The van der Waals surface area contributed by atoms with Gasteiger partial charge < -0.3 is 10.6 Å². The first-order chi connectivity index (χ1) is 18.2. The number of anilines is 1. The van der Waals surface area contributed by atoms with Crippen molar-refractivity contribution in [2.75, 3.05) is 11.9 Å². The fourth-order valence-corrected chi connectivity index (χ4v) is 5.09. The van der Waals surface area contributed by atoms with Crippen LogP contribution in [0.15, 0.2) is 65.6 Å². The minimum Gasteiger partial charge on any atom is -0.325 e. The SMILES string of the molecule is CC.CCc1cccc(CNCC(C)[C@H](Cc2cc(F)cc(F)c2)NSc2ccc(NC(C)=O)c(Cl)c2)c1. The van der Waals surface area contributed by atoms with Crippen molar-refractivity contribution in [1.82, 2.24) is 10.0 Å². The molecule has 38 heavy (non-hydrogen) atoms. The van der Waals surface area contributed by atoms with Crippen LogP contribution in [-0.2, 0) is 24.2 Å². The van der Waals surface area contributed by atoms with E-state index in [9.17, 15) is 13.6 Å². The van der Waals surface area contributed by atoms with Gasteiger partial charge in [-0.25, -0.2) is 8.78 Å².